The molecule has 1 amide bonds. The lowest BCUT2D eigenvalue weighted by Gasteiger charge is -2.07. The molecule has 0 aliphatic carbocycles. The maximum absolute atomic E-state index is 11.9. The number of nitrogens with one attached hydrogen (secondary N) is 1. The second kappa shape index (κ2) is 7.13. The van der Waals surface area contributed by atoms with Crippen LogP contribution in [0.1, 0.15) is 15.9 Å². The predicted molar refractivity (Wildman–Crippen MR) is 85.7 cm³/mol. The minimum Gasteiger partial charge on any atom is -0.508 e. The molecule has 2 aromatic carbocycles. The van der Waals surface area contributed by atoms with Crippen molar-refractivity contribution in [2.75, 3.05) is 12.4 Å². The predicted octanol–water partition coefficient (Wildman–Crippen LogP) is 2.75. The van der Waals surface area contributed by atoms with Gasteiger partial charge in [0.25, 0.3) is 0 Å². The summed E-state index contributed by atoms with van der Waals surface area (Å²) in [6.45, 7) is 0. The van der Waals surface area contributed by atoms with E-state index >= 15 is 0 Å². The van der Waals surface area contributed by atoms with Crippen molar-refractivity contribution in [2.24, 2.45) is 0 Å². The molecule has 23 heavy (non-hydrogen) atoms. The monoisotopic (exact) mass is 313 g/mol. The highest BCUT2D eigenvalue weighted by atomic mass is 16.5. The van der Waals surface area contributed by atoms with Crippen molar-refractivity contribution in [3.8, 4) is 11.5 Å². The van der Waals surface area contributed by atoms with Gasteiger partial charge in [0.15, 0.2) is 0 Å². The zero-order chi connectivity index (χ0) is 16.8. The minimum absolute atomic E-state index is 0.0106. The summed E-state index contributed by atoms with van der Waals surface area (Å²) < 4.78 is 5.11. The number of phenols is 1. The van der Waals surface area contributed by atoms with Crippen molar-refractivity contribution in [1.82, 2.24) is 0 Å². The van der Waals surface area contributed by atoms with Crippen LogP contribution in [-0.2, 0) is 4.79 Å². The topological polar surface area (TPSA) is 95.9 Å². The van der Waals surface area contributed by atoms with Crippen LogP contribution in [0.2, 0.25) is 0 Å². The summed E-state index contributed by atoms with van der Waals surface area (Å²) in [4.78, 5) is 23.0. The van der Waals surface area contributed by atoms with Gasteiger partial charge in [0.2, 0.25) is 5.91 Å². The second-order valence-corrected chi connectivity index (χ2v) is 4.60. The number of aromatic carboxylic acids is 1. The summed E-state index contributed by atoms with van der Waals surface area (Å²) in [6, 6.07) is 10.6. The van der Waals surface area contributed by atoms with Gasteiger partial charge in [0, 0.05) is 17.7 Å². The first-order valence-corrected chi connectivity index (χ1v) is 6.69. The fourth-order valence-electron chi connectivity index (χ4n) is 1.96. The van der Waals surface area contributed by atoms with Gasteiger partial charge in [-0.15, -0.1) is 0 Å². The Morgan fingerprint density at radius 3 is 2.61 bits per heavy atom. The molecule has 3 N–H and O–H groups in total. The molecule has 2 aromatic rings. The number of aromatic hydroxyl groups is 1. The Balaban J connectivity index is 2.16. The third-order valence-corrected chi connectivity index (χ3v) is 3.05. The molecule has 0 aromatic heterocycles. The van der Waals surface area contributed by atoms with E-state index in [2.05, 4.69) is 5.32 Å². The summed E-state index contributed by atoms with van der Waals surface area (Å²) >= 11 is 0. The molecule has 0 unspecified atom stereocenters. The van der Waals surface area contributed by atoms with Gasteiger partial charge in [0.1, 0.15) is 11.5 Å². The molecule has 0 atom stereocenters. The van der Waals surface area contributed by atoms with Crippen LogP contribution in [0.15, 0.2) is 48.5 Å². The lowest BCUT2D eigenvalue weighted by molar-refractivity contribution is -0.111. The number of carbonyl (C=O) groups excluding carboxylic acids is 1. The minimum atomic E-state index is -1.12. The Kier molecular flexibility index (Phi) is 4.99. The Morgan fingerprint density at radius 1 is 1.17 bits per heavy atom. The number of carboxylic acid groups (broad SMARTS) is 1. The average molecular weight is 313 g/mol. The Bertz CT molecular complexity index is 767. The molecule has 0 saturated carbocycles. The van der Waals surface area contributed by atoms with Crippen LogP contribution in [0.3, 0.4) is 0 Å². The van der Waals surface area contributed by atoms with Gasteiger partial charge in [-0.3, -0.25) is 4.79 Å². The molecule has 6 heteroatoms. The quantitative estimate of drug-likeness (QED) is 0.738. The number of rotatable bonds is 5. The highest BCUT2D eigenvalue weighted by Crippen LogP contribution is 2.24. The fraction of sp³-hybridized carbons (Fsp3) is 0.0588. The zero-order valence-corrected chi connectivity index (χ0v) is 12.3. The molecule has 0 aliphatic heterocycles. The van der Waals surface area contributed by atoms with Crippen molar-refractivity contribution in [2.45, 2.75) is 0 Å². The number of methoxy groups -OCH3 is 1. The standard InChI is InChI=1S/C17H15NO5/c1-23-15-10-12(19)8-6-11(15)7-9-16(20)18-14-5-3-2-4-13(14)17(21)22/h2-10,19H,1H3,(H,18,20)(H,21,22)/b9-7+. The Morgan fingerprint density at radius 2 is 1.91 bits per heavy atom. The molecule has 0 radical (unpaired) electrons. The van der Waals surface area contributed by atoms with E-state index in [1.165, 1.54) is 43.5 Å². The van der Waals surface area contributed by atoms with E-state index in [4.69, 9.17) is 9.84 Å². The highest BCUT2D eigenvalue weighted by molar-refractivity contribution is 6.06. The van der Waals surface area contributed by atoms with E-state index in [0.29, 0.717) is 11.3 Å². The van der Waals surface area contributed by atoms with Gasteiger partial charge in [-0.1, -0.05) is 12.1 Å². The van der Waals surface area contributed by atoms with Gasteiger partial charge in [-0.05, 0) is 30.3 Å². The number of carbonyl (C=O) groups is 2. The summed E-state index contributed by atoms with van der Waals surface area (Å²) in [6.07, 6.45) is 2.77. The van der Waals surface area contributed by atoms with Gasteiger partial charge < -0.3 is 20.3 Å². The van der Waals surface area contributed by atoms with Gasteiger partial charge in [-0.25, -0.2) is 4.79 Å². The van der Waals surface area contributed by atoms with Crippen LogP contribution in [-0.4, -0.2) is 29.2 Å². The number of amides is 1. The van der Waals surface area contributed by atoms with E-state index in [0.717, 1.165) is 0 Å². The lowest BCUT2D eigenvalue weighted by Crippen LogP contribution is -2.11. The molecule has 0 bridgehead atoms. The van der Waals surface area contributed by atoms with Crippen molar-refractivity contribution < 1.29 is 24.5 Å². The van der Waals surface area contributed by atoms with Gasteiger partial charge in [0.05, 0.1) is 18.4 Å². The summed E-state index contributed by atoms with van der Waals surface area (Å²) in [5.41, 5.74) is 0.829. The van der Waals surface area contributed by atoms with Crippen LogP contribution < -0.4 is 10.1 Å². The third kappa shape index (κ3) is 4.10. The molecule has 0 heterocycles. The van der Waals surface area contributed by atoms with E-state index in [1.54, 1.807) is 18.2 Å². The van der Waals surface area contributed by atoms with Crippen LogP contribution in [0.4, 0.5) is 5.69 Å². The number of ether oxygens (including phenoxy) is 1. The SMILES string of the molecule is COc1cc(O)ccc1/C=C/C(=O)Nc1ccccc1C(=O)O. The van der Waals surface area contributed by atoms with Crippen LogP contribution >= 0.6 is 0 Å². The number of hydrogen-bond acceptors (Lipinski definition) is 4. The summed E-state index contributed by atoms with van der Waals surface area (Å²) in [5.74, 6) is -1.13. The lowest BCUT2D eigenvalue weighted by atomic mass is 10.1. The second-order valence-electron chi connectivity index (χ2n) is 4.60. The molecule has 0 aliphatic rings. The normalized spacial score (nSPS) is 10.5. The average Bonchev–Trinajstić information content (AvgIpc) is 2.53. The Labute approximate surface area is 132 Å². The maximum Gasteiger partial charge on any atom is 0.337 e. The molecule has 6 nitrogen and oxygen atoms in total. The van der Waals surface area contributed by atoms with Crippen molar-refractivity contribution in [1.29, 1.82) is 0 Å². The fourth-order valence-corrected chi connectivity index (χ4v) is 1.96. The van der Waals surface area contributed by atoms with E-state index in [1.807, 2.05) is 0 Å². The molecular formula is C17H15NO5. The molecule has 118 valence electrons. The molecular weight excluding hydrogens is 298 g/mol. The van der Waals surface area contributed by atoms with Crippen molar-refractivity contribution in [3.05, 3.63) is 59.7 Å². The number of anilines is 1. The maximum atomic E-state index is 11.9. The largest absolute Gasteiger partial charge is 0.508 e. The zero-order valence-electron chi connectivity index (χ0n) is 12.3. The molecule has 0 fully saturated rings. The van der Waals surface area contributed by atoms with Crippen LogP contribution in [0.5, 0.6) is 11.5 Å². The van der Waals surface area contributed by atoms with E-state index in [-0.39, 0.29) is 17.0 Å². The van der Waals surface area contributed by atoms with Crippen molar-refractivity contribution >= 4 is 23.6 Å². The number of phenolic OH excluding ortho intramolecular Hbond substituents is 1. The highest BCUT2D eigenvalue weighted by Gasteiger charge is 2.10. The first kappa shape index (κ1) is 16.1. The van der Waals surface area contributed by atoms with Gasteiger partial charge >= 0.3 is 5.97 Å². The first-order valence-electron chi connectivity index (χ1n) is 6.69. The molecule has 2 rings (SSSR count). The van der Waals surface area contributed by atoms with Gasteiger partial charge in [-0.2, -0.15) is 0 Å². The smallest absolute Gasteiger partial charge is 0.337 e. The molecule has 0 saturated heterocycles. The van der Waals surface area contributed by atoms with Crippen LogP contribution in [0.25, 0.3) is 6.08 Å². The van der Waals surface area contributed by atoms with E-state index < -0.39 is 11.9 Å². The first-order chi connectivity index (χ1) is 11.0. The van der Waals surface area contributed by atoms with Crippen LogP contribution in [0, 0.1) is 0 Å². The number of carboxylic acids is 1. The summed E-state index contributed by atoms with van der Waals surface area (Å²) in [7, 11) is 1.45. The van der Waals surface area contributed by atoms with Crippen molar-refractivity contribution in [3.63, 3.8) is 0 Å². The Hall–Kier alpha value is -3.28. The number of para-hydroxylation sites is 1. The summed E-state index contributed by atoms with van der Waals surface area (Å²) in [5, 5.41) is 21.0. The van der Waals surface area contributed by atoms with E-state index in [9.17, 15) is 14.7 Å². The number of hydrogen-bond donors (Lipinski definition) is 3. The molecule has 0 spiro atoms. The third-order valence-electron chi connectivity index (χ3n) is 3.05. The number of benzene rings is 2.